The van der Waals surface area contributed by atoms with Crippen molar-refractivity contribution < 1.29 is 4.79 Å². The molecule has 1 fully saturated rings. The van der Waals surface area contributed by atoms with Crippen molar-refractivity contribution >= 4 is 11.6 Å². The molecule has 3 heteroatoms. The molecule has 0 radical (unpaired) electrons. The first kappa shape index (κ1) is 16.3. The fourth-order valence-electron chi connectivity index (χ4n) is 4.15. The molecule has 1 amide bonds. The maximum atomic E-state index is 12.9. The van der Waals surface area contributed by atoms with E-state index in [1.807, 2.05) is 35.2 Å². The maximum Gasteiger partial charge on any atom is 0.258 e. The third-order valence-corrected chi connectivity index (χ3v) is 5.48. The summed E-state index contributed by atoms with van der Waals surface area (Å²) in [7, 11) is 0. The van der Waals surface area contributed by atoms with Crippen molar-refractivity contribution in [3.63, 3.8) is 0 Å². The van der Waals surface area contributed by atoms with E-state index in [1.54, 1.807) is 0 Å². The molecular formula is C22H26N2O. The number of carbonyl (C=O) groups is 1. The van der Waals surface area contributed by atoms with Crippen LogP contribution in [0.25, 0.3) is 0 Å². The van der Waals surface area contributed by atoms with Crippen molar-refractivity contribution in [2.45, 2.75) is 32.7 Å². The van der Waals surface area contributed by atoms with E-state index in [1.165, 1.54) is 37.1 Å². The summed E-state index contributed by atoms with van der Waals surface area (Å²) in [6.07, 6.45) is 3.60. The number of piperidine rings is 1. The Morgan fingerprint density at radius 3 is 2.68 bits per heavy atom. The van der Waals surface area contributed by atoms with E-state index in [2.05, 4.69) is 30.0 Å². The predicted octanol–water partition coefficient (Wildman–Crippen LogP) is 4.12. The molecule has 0 saturated carbocycles. The zero-order valence-corrected chi connectivity index (χ0v) is 14.9. The van der Waals surface area contributed by atoms with E-state index in [0.717, 1.165) is 36.7 Å². The van der Waals surface area contributed by atoms with Crippen LogP contribution in [0.3, 0.4) is 0 Å². The highest BCUT2D eigenvalue weighted by molar-refractivity contribution is 6.07. The molecule has 0 aromatic heterocycles. The summed E-state index contributed by atoms with van der Waals surface area (Å²) in [5.41, 5.74) is 4.42. The molecule has 0 aliphatic carbocycles. The normalized spacial score (nSPS) is 20.5. The summed E-state index contributed by atoms with van der Waals surface area (Å²) in [5, 5.41) is 0. The molecule has 25 heavy (non-hydrogen) atoms. The van der Waals surface area contributed by atoms with Gasteiger partial charge in [0, 0.05) is 30.9 Å². The van der Waals surface area contributed by atoms with Gasteiger partial charge >= 0.3 is 0 Å². The standard InChI is InChI=1S/C22H26N2O/c1-17-5-4-13-23(15-17)16-18-8-10-20(11-9-18)22(25)24-14-12-19-6-2-3-7-21(19)24/h2-3,6-11,17H,4-5,12-16H2,1H3. The van der Waals surface area contributed by atoms with Gasteiger partial charge in [0.2, 0.25) is 0 Å². The van der Waals surface area contributed by atoms with Crippen molar-refractivity contribution in [2.24, 2.45) is 5.92 Å². The largest absolute Gasteiger partial charge is 0.308 e. The Morgan fingerprint density at radius 1 is 1.08 bits per heavy atom. The lowest BCUT2D eigenvalue weighted by Gasteiger charge is -2.30. The van der Waals surface area contributed by atoms with Gasteiger partial charge in [-0.25, -0.2) is 0 Å². The van der Waals surface area contributed by atoms with E-state index in [4.69, 9.17) is 0 Å². The van der Waals surface area contributed by atoms with Gasteiger partial charge in [0.25, 0.3) is 5.91 Å². The van der Waals surface area contributed by atoms with Gasteiger partial charge in [0.05, 0.1) is 0 Å². The highest BCUT2D eigenvalue weighted by atomic mass is 16.2. The summed E-state index contributed by atoms with van der Waals surface area (Å²) in [4.78, 5) is 17.3. The first-order chi connectivity index (χ1) is 12.2. The molecule has 2 aliphatic rings. The third kappa shape index (κ3) is 3.47. The topological polar surface area (TPSA) is 23.6 Å². The molecule has 3 nitrogen and oxygen atoms in total. The summed E-state index contributed by atoms with van der Waals surface area (Å²) >= 11 is 0. The Hall–Kier alpha value is -2.13. The maximum absolute atomic E-state index is 12.9. The van der Waals surface area contributed by atoms with E-state index in [9.17, 15) is 4.79 Å². The molecule has 2 aliphatic heterocycles. The number of carbonyl (C=O) groups excluding carboxylic acids is 1. The van der Waals surface area contributed by atoms with Crippen LogP contribution in [-0.2, 0) is 13.0 Å². The van der Waals surface area contributed by atoms with Crippen LogP contribution in [0, 0.1) is 5.92 Å². The third-order valence-electron chi connectivity index (χ3n) is 5.48. The Morgan fingerprint density at radius 2 is 1.88 bits per heavy atom. The van der Waals surface area contributed by atoms with Crippen molar-refractivity contribution in [3.05, 3.63) is 65.2 Å². The minimum absolute atomic E-state index is 0.114. The molecule has 130 valence electrons. The highest BCUT2D eigenvalue weighted by Crippen LogP contribution is 2.29. The number of likely N-dealkylation sites (tertiary alicyclic amines) is 1. The molecule has 1 atom stereocenters. The minimum atomic E-state index is 0.114. The van der Waals surface area contributed by atoms with Gasteiger partial charge < -0.3 is 4.90 Å². The van der Waals surface area contributed by atoms with E-state index in [-0.39, 0.29) is 5.91 Å². The lowest BCUT2D eigenvalue weighted by molar-refractivity contribution is 0.0989. The molecule has 2 aromatic rings. The number of nitrogens with zero attached hydrogens (tertiary/aromatic N) is 2. The summed E-state index contributed by atoms with van der Waals surface area (Å²) < 4.78 is 0. The summed E-state index contributed by atoms with van der Waals surface area (Å²) in [6.45, 7) is 6.49. The van der Waals surface area contributed by atoms with Gasteiger partial charge in [0.1, 0.15) is 0 Å². The molecule has 2 heterocycles. The average molecular weight is 334 g/mol. The second-order valence-electron chi connectivity index (χ2n) is 7.51. The molecule has 0 bridgehead atoms. The smallest absolute Gasteiger partial charge is 0.258 e. The molecule has 1 saturated heterocycles. The zero-order valence-electron chi connectivity index (χ0n) is 14.9. The first-order valence-corrected chi connectivity index (χ1v) is 9.42. The fraction of sp³-hybridized carbons (Fsp3) is 0.409. The molecule has 0 spiro atoms. The van der Waals surface area contributed by atoms with Crippen LogP contribution >= 0.6 is 0 Å². The quantitative estimate of drug-likeness (QED) is 0.843. The fourth-order valence-corrected chi connectivity index (χ4v) is 4.15. The second kappa shape index (κ2) is 7.01. The van der Waals surface area contributed by atoms with E-state index >= 15 is 0 Å². The molecular weight excluding hydrogens is 308 g/mol. The van der Waals surface area contributed by atoms with Crippen LogP contribution < -0.4 is 4.90 Å². The highest BCUT2D eigenvalue weighted by Gasteiger charge is 2.25. The van der Waals surface area contributed by atoms with Gasteiger partial charge in [-0.05, 0) is 61.1 Å². The number of anilines is 1. The van der Waals surface area contributed by atoms with Crippen LogP contribution in [0.2, 0.25) is 0 Å². The van der Waals surface area contributed by atoms with Crippen LogP contribution in [0.5, 0.6) is 0 Å². The number of para-hydroxylation sites is 1. The van der Waals surface area contributed by atoms with Gasteiger partial charge in [-0.1, -0.05) is 37.3 Å². The number of hydrogen-bond acceptors (Lipinski definition) is 2. The van der Waals surface area contributed by atoms with Crippen molar-refractivity contribution in [1.82, 2.24) is 4.90 Å². The van der Waals surface area contributed by atoms with Crippen LogP contribution in [0.4, 0.5) is 5.69 Å². The van der Waals surface area contributed by atoms with Crippen molar-refractivity contribution in [1.29, 1.82) is 0 Å². The van der Waals surface area contributed by atoms with Crippen LogP contribution in [0.15, 0.2) is 48.5 Å². The number of rotatable bonds is 3. The van der Waals surface area contributed by atoms with Crippen LogP contribution in [-0.4, -0.2) is 30.4 Å². The monoisotopic (exact) mass is 334 g/mol. The molecule has 1 unspecified atom stereocenters. The van der Waals surface area contributed by atoms with Crippen LogP contribution in [0.1, 0.15) is 41.3 Å². The van der Waals surface area contributed by atoms with E-state index in [0.29, 0.717) is 0 Å². The van der Waals surface area contributed by atoms with E-state index < -0.39 is 0 Å². The number of amides is 1. The average Bonchev–Trinajstić information content (AvgIpc) is 3.06. The van der Waals surface area contributed by atoms with Gasteiger partial charge in [-0.3, -0.25) is 9.69 Å². The summed E-state index contributed by atoms with van der Waals surface area (Å²) in [5.74, 6) is 0.910. The number of benzene rings is 2. The van der Waals surface area contributed by atoms with Gasteiger partial charge in [0.15, 0.2) is 0 Å². The number of hydrogen-bond donors (Lipinski definition) is 0. The lowest BCUT2D eigenvalue weighted by Crippen LogP contribution is -2.33. The number of fused-ring (bicyclic) bond motifs is 1. The van der Waals surface area contributed by atoms with Crippen molar-refractivity contribution in [3.8, 4) is 0 Å². The minimum Gasteiger partial charge on any atom is -0.308 e. The van der Waals surface area contributed by atoms with Gasteiger partial charge in [-0.2, -0.15) is 0 Å². The SMILES string of the molecule is CC1CCCN(Cc2ccc(C(=O)N3CCc4ccccc43)cc2)C1. The lowest BCUT2D eigenvalue weighted by atomic mass is 9.99. The first-order valence-electron chi connectivity index (χ1n) is 9.42. The molecule has 2 aromatic carbocycles. The zero-order chi connectivity index (χ0) is 17.2. The predicted molar refractivity (Wildman–Crippen MR) is 102 cm³/mol. The second-order valence-corrected chi connectivity index (χ2v) is 7.51. The summed E-state index contributed by atoms with van der Waals surface area (Å²) in [6, 6.07) is 16.4. The molecule has 4 rings (SSSR count). The Kier molecular flexibility index (Phi) is 4.58. The Bertz CT molecular complexity index is 753. The molecule has 0 N–H and O–H groups in total. The Balaban J connectivity index is 1.44. The van der Waals surface area contributed by atoms with Crippen molar-refractivity contribution in [2.75, 3.05) is 24.5 Å². The Labute approximate surface area is 150 Å². The van der Waals surface area contributed by atoms with Gasteiger partial charge in [-0.15, -0.1) is 0 Å².